The predicted molar refractivity (Wildman–Crippen MR) is 170 cm³/mol. The molecule has 3 aromatic rings. The summed E-state index contributed by atoms with van der Waals surface area (Å²) in [4.78, 5) is 29.8. The van der Waals surface area contributed by atoms with Gasteiger partial charge in [0.05, 0.1) is 17.2 Å². The second-order valence-corrected chi connectivity index (χ2v) is 12.4. The van der Waals surface area contributed by atoms with Crippen LogP contribution >= 0.6 is 11.8 Å². The Balaban J connectivity index is 2.01. The minimum Gasteiger partial charge on any atom is -0.494 e. The molecule has 0 fully saturated rings. The molecule has 0 aliphatic carbocycles. The lowest BCUT2D eigenvalue weighted by Gasteiger charge is -2.33. The summed E-state index contributed by atoms with van der Waals surface area (Å²) in [5.41, 5.74) is 1.34. The molecule has 8 nitrogen and oxygen atoms in total. The first kappa shape index (κ1) is 33.0. The topological polar surface area (TPSA) is 96.0 Å². The zero-order chi connectivity index (χ0) is 30.5. The van der Waals surface area contributed by atoms with Crippen LogP contribution < -0.4 is 14.4 Å². The lowest BCUT2D eigenvalue weighted by atomic mass is 10.1. The number of carbonyl (C=O) groups is 2. The van der Waals surface area contributed by atoms with Gasteiger partial charge in [-0.15, -0.1) is 11.8 Å². The smallest absolute Gasteiger partial charge is 0.264 e. The fourth-order valence-electron chi connectivity index (χ4n) is 4.54. The molecule has 0 heterocycles. The molecule has 10 heteroatoms. The number of ether oxygens (including phenoxy) is 1. The molecular formula is C32H41N3O5S2. The Morgan fingerprint density at radius 3 is 2.17 bits per heavy atom. The Kier molecular flexibility index (Phi) is 12.7. The zero-order valence-electron chi connectivity index (χ0n) is 24.8. The number of sulfonamides is 1. The van der Waals surface area contributed by atoms with Crippen molar-refractivity contribution in [3.8, 4) is 5.75 Å². The fraction of sp³-hybridized carbons (Fsp3) is 0.375. The molecule has 42 heavy (non-hydrogen) atoms. The van der Waals surface area contributed by atoms with E-state index in [4.69, 9.17) is 4.74 Å². The number of rotatable bonds is 16. The highest BCUT2D eigenvalue weighted by atomic mass is 32.2. The van der Waals surface area contributed by atoms with Crippen molar-refractivity contribution in [3.05, 3.63) is 84.4 Å². The van der Waals surface area contributed by atoms with Gasteiger partial charge in [0, 0.05) is 18.0 Å². The van der Waals surface area contributed by atoms with E-state index in [1.807, 2.05) is 57.4 Å². The van der Waals surface area contributed by atoms with Crippen molar-refractivity contribution < 1.29 is 22.7 Å². The lowest BCUT2D eigenvalue weighted by Crippen LogP contribution is -2.53. The van der Waals surface area contributed by atoms with Gasteiger partial charge in [-0.1, -0.05) is 44.2 Å². The average Bonchev–Trinajstić information content (AvgIpc) is 3.01. The summed E-state index contributed by atoms with van der Waals surface area (Å²) in [6.07, 6.45) is 3.59. The van der Waals surface area contributed by atoms with E-state index in [-0.39, 0.29) is 17.3 Å². The molecule has 0 aliphatic rings. The number of hydrogen-bond donors (Lipinski definition) is 1. The van der Waals surface area contributed by atoms with E-state index >= 15 is 0 Å². The number of thioether (sulfide) groups is 1. The molecule has 0 radical (unpaired) electrons. The van der Waals surface area contributed by atoms with E-state index < -0.39 is 28.5 Å². The number of hydrogen-bond acceptors (Lipinski definition) is 6. The van der Waals surface area contributed by atoms with Gasteiger partial charge in [-0.25, -0.2) is 8.42 Å². The first-order chi connectivity index (χ1) is 20.2. The van der Waals surface area contributed by atoms with Gasteiger partial charge in [0.1, 0.15) is 18.3 Å². The van der Waals surface area contributed by atoms with Gasteiger partial charge in [-0.05, 0) is 86.5 Å². The van der Waals surface area contributed by atoms with Crippen molar-refractivity contribution in [1.29, 1.82) is 0 Å². The first-order valence-electron chi connectivity index (χ1n) is 14.3. The van der Waals surface area contributed by atoms with Gasteiger partial charge >= 0.3 is 0 Å². The van der Waals surface area contributed by atoms with Crippen molar-refractivity contribution >= 4 is 39.3 Å². The van der Waals surface area contributed by atoms with Crippen LogP contribution in [-0.4, -0.2) is 63.7 Å². The molecule has 3 aromatic carbocycles. The van der Waals surface area contributed by atoms with Crippen LogP contribution in [0.15, 0.2) is 88.7 Å². The normalized spacial score (nSPS) is 11.9. The van der Waals surface area contributed by atoms with Gasteiger partial charge in [-0.2, -0.15) is 0 Å². The van der Waals surface area contributed by atoms with Crippen molar-refractivity contribution in [2.24, 2.45) is 0 Å². The monoisotopic (exact) mass is 611 g/mol. The fourth-order valence-corrected chi connectivity index (χ4v) is 6.36. The van der Waals surface area contributed by atoms with E-state index in [9.17, 15) is 18.0 Å². The highest BCUT2D eigenvalue weighted by Crippen LogP contribution is 2.28. The largest absolute Gasteiger partial charge is 0.494 e. The zero-order valence-corrected chi connectivity index (χ0v) is 26.4. The quantitative estimate of drug-likeness (QED) is 0.219. The molecule has 0 aromatic heterocycles. The number of carbonyl (C=O) groups excluding carboxylic acids is 2. The standard InChI is InChI=1S/C32H41N3O5S2/c1-5-22-33-32(37)30(6-2)34(23-21-25-11-9-8-10-12-25)31(36)24-35(26-13-15-27(16-14-26)40-7-3)42(38,39)29-19-17-28(41-4)18-20-29/h8-20,30H,5-7,21-24H2,1-4H3,(H,33,37)/t30-/m0/s1. The van der Waals surface area contributed by atoms with Crippen LogP contribution in [0.5, 0.6) is 5.75 Å². The summed E-state index contributed by atoms with van der Waals surface area (Å²) in [5.74, 6) is -0.108. The third-order valence-electron chi connectivity index (χ3n) is 6.78. The van der Waals surface area contributed by atoms with E-state index in [1.54, 1.807) is 48.5 Å². The molecule has 226 valence electrons. The summed E-state index contributed by atoms with van der Waals surface area (Å²) in [6, 6.07) is 22.2. The van der Waals surface area contributed by atoms with Crippen LogP contribution in [0, 0.1) is 0 Å². The van der Waals surface area contributed by atoms with Gasteiger partial charge < -0.3 is 15.0 Å². The van der Waals surface area contributed by atoms with E-state index in [2.05, 4.69) is 5.32 Å². The van der Waals surface area contributed by atoms with Gasteiger partial charge in [0.2, 0.25) is 11.8 Å². The van der Waals surface area contributed by atoms with Crippen molar-refractivity contribution in [3.63, 3.8) is 0 Å². The van der Waals surface area contributed by atoms with E-state index in [0.29, 0.717) is 37.4 Å². The minimum atomic E-state index is -4.13. The van der Waals surface area contributed by atoms with Crippen LogP contribution in [0.1, 0.15) is 39.2 Å². The highest BCUT2D eigenvalue weighted by Gasteiger charge is 2.33. The summed E-state index contributed by atoms with van der Waals surface area (Å²) in [6.45, 7) is 6.45. The summed E-state index contributed by atoms with van der Waals surface area (Å²) in [7, 11) is -4.13. The third kappa shape index (κ3) is 8.75. The van der Waals surface area contributed by atoms with Crippen LogP contribution in [0.2, 0.25) is 0 Å². The summed E-state index contributed by atoms with van der Waals surface area (Å²) < 4.78 is 34.7. The number of anilines is 1. The number of nitrogens with zero attached hydrogens (tertiary/aromatic N) is 2. The molecule has 0 spiro atoms. The lowest BCUT2D eigenvalue weighted by molar-refractivity contribution is -0.139. The minimum absolute atomic E-state index is 0.0746. The molecular weight excluding hydrogens is 571 g/mol. The Morgan fingerprint density at radius 1 is 0.929 bits per heavy atom. The molecule has 0 bridgehead atoms. The van der Waals surface area contributed by atoms with Gasteiger partial charge in [0.25, 0.3) is 10.0 Å². The summed E-state index contributed by atoms with van der Waals surface area (Å²) >= 11 is 1.51. The Bertz CT molecular complexity index is 1380. The van der Waals surface area contributed by atoms with Gasteiger partial charge in [0.15, 0.2) is 0 Å². The SMILES string of the molecule is CCCNC(=O)[C@H](CC)N(CCc1ccccc1)C(=O)CN(c1ccc(OCC)cc1)S(=O)(=O)c1ccc(SC)cc1. The third-order valence-corrected chi connectivity index (χ3v) is 9.31. The molecule has 1 atom stereocenters. The van der Waals surface area contributed by atoms with Crippen molar-refractivity contribution in [1.82, 2.24) is 10.2 Å². The van der Waals surface area contributed by atoms with Crippen LogP contribution in [0.3, 0.4) is 0 Å². The maximum atomic E-state index is 14.1. The maximum absolute atomic E-state index is 14.1. The maximum Gasteiger partial charge on any atom is 0.264 e. The molecule has 0 saturated carbocycles. The summed E-state index contributed by atoms with van der Waals surface area (Å²) in [5, 5.41) is 2.91. The molecule has 0 aliphatic heterocycles. The van der Waals surface area contributed by atoms with Gasteiger partial charge in [-0.3, -0.25) is 13.9 Å². The Hall–Kier alpha value is -3.50. The number of benzene rings is 3. The second-order valence-electron chi connectivity index (χ2n) is 9.65. The van der Waals surface area contributed by atoms with E-state index in [1.165, 1.54) is 16.7 Å². The molecule has 0 saturated heterocycles. The first-order valence-corrected chi connectivity index (χ1v) is 16.9. The average molecular weight is 612 g/mol. The number of nitrogens with one attached hydrogen (secondary N) is 1. The number of amides is 2. The van der Waals surface area contributed by atoms with Crippen LogP contribution in [-0.2, 0) is 26.0 Å². The Morgan fingerprint density at radius 2 is 1.60 bits per heavy atom. The van der Waals surface area contributed by atoms with Crippen LogP contribution in [0.25, 0.3) is 0 Å². The van der Waals surface area contributed by atoms with Crippen LogP contribution in [0.4, 0.5) is 5.69 Å². The highest BCUT2D eigenvalue weighted by molar-refractivity contribution is 7.98. The van der Waals surface area contributed by atoms with Crippen molar-refractivity contribution in [2.45, 2.75) is 55.9 Å². The van der Waals surface area contributed by atoms with Crippen molar-refractivity contribution in [2.75, 3.05) is 36.8 Å². The Labute approximate surface area is 254 Å². The molecule has 1 N–H and O–H groups in total. The molecule has 0 unspecified atom stereocenters. The van der Waals surface area contributed by atoms with E-state index in [0.717, 1.165) is 21.2 Å². The second kappa shape index (κ2) is 16.2. The predicted octanol–water partition coefficient (Wildman–Crippen LogP) is 5.38. The molecule has 3 rings (SSSR count). The molecule has 2 amide bonds.